The van der Waals surface area contributed by atoms with Crippen molar-refractivity contribution in [2.24, 2.45) is 0 Å². The molecule has 0 rings (SSSR count). The van der Waals surface area contributed by atoms with E-state index in [0.717, 1.165) is 7.11 Å². The summed E-state index contributed by atoms with van der Waals surface area (Å²) < 4.78 is 0. The van der Waals surface area contributed by atoms with Crippen LogP contribution in [0.3, 0.4) is 0 Å². The van der Waals surface area contributed by atoms with E-state index in [2.05, 4.69) is 9.78 Å². The van der Waals surface area contributed by atoms with Crippen molar-refractivity contribution < 1.29 is 24.5 Å². The standard InChI is InChI=1S/C3H4O5/c1-7-8-3(6)2(4)5/h1H3,(H,4,5). The average Bonchev–Trinajstić information content (AvgIpc) is 1.67. The number of hydrogen-bond acceptors (Lipinski definition) is 4. The number of rotatable bonds is 1. The van der Waals surface area contributed by atoms with E-state index in [1.807, 2.05) is 0 Å². The lowest BCUT2D eigenvalue weighted by atomic mass is 10.7. The summed E-state index contributed by atoms with van der Waals surface area (Å²) in [6.07, 6.45) is 0. The first-order valence-electron chi connectivity index (χ1n) is 1.66. The summed E-state index contributed by atoms with van der Waals surface area (Å²) in [6.45, 7) is 0. The van der Waals surface area contributed by atoms with Crippen LogP contribution in [0.4, 0.5) is 0 Å². The highest BCUT2D eigenvalue weighted by Crippen LogP contribution is 1.74. The third-order valence-corrected chi connectivity index (χ3v) is 0.334. The predicted molar refractivity (Wildman–Crippen MR) is 20.7 cm³/mol. The lowest BCUT2D eigenvalue weighted by Crippen LogP contribution is -2.15. The van der Waals surface area contributed by atoms with Crippen molar-refractivity contribution in [1.29, 1.82) is 0 Å². The summed E-state index contributed by atoms with van der Waals surface area (Å²) in [5, 5.41) is 7.76. The molecule has 0 atom stereocenters. The van der Waals surface area contributed by atoms with Gasteiger partial charge in [0.15, 0.2) is 0 Å². The Morgan fingerprint density at radius 3 is 2.12 bits per heavy atom. The van der Waals surface area contributed by atoms with E-state index in [4.69, 9.17) is 5.11 Å². The van der Waals surface area contributed by atoms with Gasteiger partial charge in [0, 0.05) is 0 Å². The summed E-state index contributed by atoms with van der Waals surface area (Å²) in [4.78, 5) is 26.6. The largest absolute Gasteiger partial charge is 0.473 e. The zero-order valence-electron chi connectivity index (χ0n) is 4.08. The molecular formula is C3H4O5. The van der Waals surface area contributed by atoms with Crippen LogP contribution < -0.4 is 0 Å². The first kappa shape index (κ1) is 6.90. The molecule has 0 unspecified atom stereocenters. The molecule has 0 saturated heterocycles. The molecular weight excluding hydrogens is 116 g/mol. The van der Waals surface area contributed by atoms with E-state index in [-0.39, 0.29) is 0 Å². The summed E-state index contributed by atoms with van der Waals surface area (Å²) >= 11 is 0. The molecule has 0 spiro atoms. The predicted octanol–water partition coefficient (Wildman–Crippen LogP) is -0.824. The van der Waals surface area contributed by atoms with Crippen LogP contribution in [-0.4, -0.2) is 24.2 Å². The molecule has 8 heavy (non-hydrogen) atoms. The Morgan fingerprint density at radius 2 is 2.00 bits per heavy atom. The van der Waals surface area contributed by atoms with E-state index < -0.39 is 11.9 Å². The van der Waals surface area contributed by atoms with Crippen molar-refractivity contribution >= 4 is 11.9 Å². The van der Waals surface area contributed by atoms with Crippen molar-refractivity contribution in [2.75, 3.05) is 7.11 Å². The molecule has 0 aliphatic heterocycles. The van der Waals surface area contributed by atoms with Gasteiger partial charge in [-0.3, -0.25) is 4.89 Å². The van der Waals surface area contributed by atoms with Crippen LogP contribution in [-0.2, 0) is 19.4 Å². The topological polar surface area (TPSA) is 72.8 Å². The Kier molecular flexibility index (Phi) is 2.57. The smallest absolute Gasteiger partial charge is 0.449 e. The molecule has 0 aliphatic rings. The van der Waals surface area contributed by atoms with Gasteiger partial charge >= 0.3 is 11.9 Å². The molecule has 0 aromatic rings. The van der Waals surface area contributed by atoms with Crippen LogP contribution in [0.25, 0.3) is 0 Å². The molecule has 0 aliphatic carbocycles. The van der Waals surface area contributed by atoms with Gasteiger partial charge in [-0.15, -0.1) is 0 Å². The zero-order chi connectivity index (χ0) is 6.57. The Labute approximate surface area is 44.7 Å². The number of hydrogen-bond donors (Lipinski definition) is 1. The van der Waals surface area contributed by atoms with Crippen molar-refractivity contribution in [1.82, 2.24) is 0 Å². The third kappa shape index (κ3) is 2.14. The number of carboxylic acid groups (broad SMARTS) is 1. The monoisotopic (exact) mass is 120 g/mol. The fraction of sp³-hybridized carbons (Fsp3) is 0.333. The van der Waals surface area contributed by atoms with Gasteiger partial charge in [-0.05, 0) is 0 Å². The fourth-order valence-electron chi connectivity index (χ4n) is 0.111. The fourth-order valence-corrected chi connectivity index (χ4v) is 0.111. The quantitative estimate of drug-likeness (QED) is 0.278. The maximum atomic E-state index is 9.80. The zero-order valence-corrected chi connectivity index (χ0v) is 4.08. The molecule has 0 radical (unpaired) electrons. The van der Waals surface area contributed by atoms with Crippen LogP contribution in [0.1, 0.15) is 0 Å². The van der Waals surface area contributed by atoms with E-state index in [1.54, 1.807) is 0 Å². The van der Waals surface area contributed by atoms with Gasteiger partial charge in [-0.1, -0.05) is 0 Å². The van der Waals surface area contributed by atoms with Crippen LogP contribution >= 0.6 is 0 Å². The Hall–Kier alpha value is -1.10. The summed E-state index contributed by atoms with van der Waals surface area (Å²) in [5.41, 5.74) is 0. The number of aliphatic carboxylic acids is 1. The maximum Gasteiger partial charge on any atom is 0.449 e. The first-order chi connectivity index (χ1) is 3.68. The van der Waals surface area contributed by atoms with Crippen LogP contribution in [0.15, 0.2) is 0 Å². The highest BCUT2D eigenvalue weighted by Gasteiger charge is 2.12. The SMILES string of the molecule is COOC(=O)C(=O)O. The van der Waals surface area contributed by atoms with Gasteiger partial charge in [0.25, 0.3) is 0 Å². The van der Waals surface area contributed by atoms with Gasteiger partial charge in [-0.2, -0.15) is 4.89 Å². The van der Waals surface area contributed by atoms with Gasteiger partial charge in [0.1, 0.15) is 0 Å². The van der Waals surface area contributed by atoms with Crippen molar-refractivity contribution in [3.8, 4) is 0 Å². The molecule has 0 saturated carbocycles. The molecule has 0 fully saturated rings. The van der Waals surface area contributed by atoms with E-state index in [9.17, 15) is 9.59 Å². The molecule has 0 amide bonds. The maximum absolute atomic E-state index is 9.80. The molecule has 0 aromatic carbocycles. The lowest BCUT2D eigenvalue weighted by Gasteiger charge is -1.90. The summed E-state index contributed by atoms with van der Waals surface area (Å²) in [6, 6.07) is 0. The van der Waals surface area contributed by atoms with E-state index in [0.29, 0.717) is 0 Å². The minimum atomic E-state index is -1.67. The van der Waals surface area contributed by atoms with Crippen LogP contribution in [0.5, 0.6) is 0 Å². The summed E-state index contributed by atoms with van der Waals surface area (Å²) in [7, 11) is 1.04. The van der Waals surface area contributed by atoms with Crippen LogP contribution in [0.2, 0.25) is 0 Å². The first-order valence-corrected chi connectivity index (χ1v) is 1.66. The van der Waals surface area contributed by atoms with E-state index >= 15 is 0 Å². The molecule has 0 bridgehead atoms. The highest BCUT2D eigenvalue weighted by atomic mass is 17.2. The Morgan fingerprint density at radius 1 is 1.50 bits per heavy atom. The molecule has 0 heterocycles. The van der Waals surface area contributed by atoms with Crippen molar-refractivity contribution in [3.05, 3.63) is 0 Å². The minimum absolute atomic E-state index is 1.04. The molecule has 46 valence electrons. The van der Waals surface area contributed by atoms with Gasteiger partial charge < -0.3 is 5.11 Å². The molecule has 5 heteroatoms. The number of carbonyl (C=O) groups excluding carboxylic acids is 1. The van der Waals surface area contributed by atoms with Crippen LogP contribution in [0, 0.1) is 0 Å². The van der Waals surface area contributed by atoms with Crippen molar-refractivity contribution in [3.63, 3.8) is 0 Å². The van der Waals surface area contributed by atoms with Crippen molar-refractivity contribution in [2.45, 2.75) is 0 Å². The second-order valence-corrected chi connectivity index (χ2v) is 0.843. The molecule has 5 nitrogen and oxygen atoms in total. The van der Waals surface area contributed by atoms with Gasteiger partial charge in [0.2, 0.25) is 0 Å². The highest BCUT2D eigenvalue weighted by molar-refractivity contribution is 6.28. The molecule has 0 aromatic heterocycles. The lowest BCUT2D eigenvalue weighted by molar-refractivity contribution is -0.255. The summed E-state index contributed by atoms with van der Waals surface area (Å²) in [5.74, 6) is -3.10. The number of carbonyl (C=O) groups is 2. The second kappa shape index (κ2) is 2.98. The second-order valence-electron chi connectivity index (χ2n) is 0.843. The Balaban J connectivity index is 3.49. The van der Waals surface area contributed by atoms with Gasteiger partial charge in [-0.25, -0.2) is 9.59 Å². The number of carboxylic acids is 1. The Bertz CT molecular complexity index is 106. The van der Waals surface area contributed by atoms with E-state index in [1.165, 1.54) is 0 Å². The average molecular weight is 120 g/mol. The minimum Gasteiger partial charge on any atom is -0.473 e. The molecule has 1 N–H and O–H groups in total. The normalized spacial score (nSPS) is 8.12. The van der Waals surface area contributed by atoms with Gasteiger partial charge in [0.05, 0.1) is 7.11 Å². The third-order valence-electron chi connectivity index (χ3n) is 0.334.